The van der Waals surface area contributed by atoms with Crippen LogP contribution in [-0.4, -0.2) is 16.1 Å². The molecule has 0 radical (unpaired) electrons. The van der Waals surface area contributed by atoms with Crippen LogP contribution in [-0.2, 0) is 24.1 Å². The average molecular weight is 219 g/mol. The fourth-order valence-electron chi connectivity index (χ4n) is 2.37. The van der Waals surface area contributed by atoms with Crippen molar-refractivity contribution in [2.24, 2.45) is 0 Å². The number of pyridine rings is 1. The van der Waals surface area contributed by atoms with E-state index in [2.05, 4.69) is 4.98 Å². The van der Waals surface area contributed by atoms with Gasteiger partial charge in [0.05, 0.1) is 0 Å². The molecule has 16 heavy (non-hydrogen) atoms. The molecule has 0 fully saturated rings. The van der Waals surface area contributed by atoms with Crippen LogP contribution in [0, 0.1) is 0 Å². The molecule has 86 valence electrons. The summed E-state index contributed by atoms with van der Waals surface area (Å²) >= 11 is 0. The van der Waals surface area contributed by atoms with E-state index in [1.165, 1.54) is 30.4 Å². The van der Waals surface area contributed by atoms with Gasteiger partial charge in [-0.15, -0.1) is 0 Å². The fourth-order valence-corrected chi connectivity index (χ4v) is 2.37. The van der Waals surface area contributed by atoms with Crippen molar-refractivity contribution in [2.75, 3.05) is 0 Å². The highest BCUT2D eigenvalue weighted by Gasteiger charge is 2.12. The molecule has 1 N–H and O–H groups in total. The minimum atomic E-state index is -0.730. The molecule has 1 heterocycles. The van der Waals surface area contributed by atoms with E-state index in [0.29, 0.717) is 6.42 Å². The first-order valence-electron chi connectivity index (χ1n) is 5.94. The molecule has 1 aliphatic carbocycles. The van der Waals surface area contributed by atoms with Gasteiger partial charge >= 0.3 is 5.97 Å². The number of hydrogen-bond donors (Lipinski definition) is 1. The molecule has 2 rings (SSSR count). The third-order valence-electron chi connectivity index (χ3n) is 3.22. The van der Waals surface area contributed by atoms with Crippen molar-refractivity contribution in [1.82, 2.24) is 4.98 Å². The summed E-state index contributed by atoms with van der Waals surface area (Å²) in [7, 11) is 0. The molecule has 0 aromatic carbocycles. The molecule has 0 unspecified atom stereocenters. The van der Waals surface area contributed by atoms with Crippen LogP contribution in [0.4, 0.5) is 0 Å². The maximum atomic E-state index is 10.6. The molecular weight excluding hydrogens is 202 g/mol. The predicted molar refractivity (Wildman–Crippen MR) is 61.5 cm³/mol. The van der Waals surface area contributed by atoms with Crippen LogP contribution in [0.2, 0.25) is 0 Å². The number of fused-ring (bicyclic) bond motifs is 1. The lowest BCUT2D eigenvalue weighted by Crippen LogP contribution is -2.03. The summed E-state index contributed by atoms with van der Waals surface area (Å²) in [4.78, 5) is 14.8. The lowest BCUT2D eigenvalue weighted by Gasteiger charge is -2.10. The number of carbonyl (C=O) groups is 1. The van der Waals surface area contributed by atoms with E-state index < -0.39 is 5.97 Å². The van der Waals surface area contributed by atoms with E-state index in [4.69, 9.17) is 5.11 Å². The maximum Gasteiger partial charge on any atom is 0.303 e. The Bertz CT molecular complexity index is 388. The predicted octanol–water partition coefficient (Wildman–Crippen LogP) is 2.37. The number of rotatable bonds is 3. The molecule has 1 aromatic rings. The number of nitrogens with zero attached hydrogens (tertiary/aromatic N) is 1. The van der Waals surface area contributed by atoms with Crippen molar-refractivity contribution < 1.29 is 9.90 Å². The number of hydrogen-bond acceptors (Lipinski definition) is 2. The van der Waals surface area contributed by atoms with Gasteiger partial charge in [0.15, 0.2) is 0 Å². The zero-order chi connectivity index (χ0) is 11.4. The second-order valence-corrected chi connectivity index (χ2v) is 4.39. The SMILES string of the molecule is O=C(O)CCc1cncc2c1CCCCC2. The summed E-state index contributed by atoms with van der Waals surface area (Å²) in [5.41, 5.74) is 3.84. The normalized spacial score (nSPS) is 15.2. The number of aryl methyl sites for hydroxylation is 2. The van der Waals surface area contributed by atoms with Gasteiger partial charge < -0.3 is 5.11 Å². The summed E-state index contributed by atoms with van der Waals surface area (Å²) in [6.07, 6.45) is 10.5. The van der Waals surface area contributed by atoms with Crippen LogP contribution in [0.3, 0.4) is 0 Å². The van der Waals surface area contributed by atoms with Crippen LogP contribution in [0.1, 0.15) is 42.4 Å². The smallest absolute Gasteiger partial charge is 0.303 e. The summed E-state index contributed by atoms with van der Waals surface area (Å²) in [6, 6.07) is 0. The number of aromatic nitrogens is 1. The minimum absolute atomic E-state index is 0.206. The lowest BCUT2D eigenvalue weighted by atomic mass is 9.97. The topological polar surface area (TPSA) is 50.2 Å². The van der Waals surface area contributed by atoms with Gasteiger partial charge in [0.25, 0.3) is 0 Å². The van der Waals surface area contributed by atoms with Gasteiger partial charge in [-0.3, -0.25) is 9.78 Å². The Balaban J connectivity index is 2.20. The van der Waals surface area contributed by atoms with E-state index in [1.807, 2.05) is 12.4 Å². The van der Waals surface area contributed by atoms with Gasteiger partial charge in [-0.2, -0.15) is 0 Å². The van der Waals surface area contributed by atoms with E-state index >= 15 is 0 Å². The van der Waals surface area contributed by atoms with E-state index in [-0.39, 0.29) is 6.42 Å². The van der Waals surface area contributed by atoms with Crippen molar-refractivity contribution in [1.29, 1.82) is 0 Å². The Labute approximate surface area is 95.5 Å². The van der Waals surface area contributed by atoms with Crippen LogP contribution < -0.4 is 0 Å². The summed E-state index contributed by atoms with van der Waals surface area (Å²) in [5, 5.41) is 8.71. The Hall–Kier alpha value is -1.38. The molecule has 0 aliphatic heterocycles. The van der Waals surface area contributed by atoms with E-state index in [9.17, 15) is 4.79 Å². The van der Waals surface area contributed by atoms with Gasteiger partial charge in [-0.25, -0.2) is 0 Å². The van der Waals surface area contributed by atoms with Crippen LogP contribution in [0.15, 0.2) is 12.4 Å². The first kappa shape index (κ1) is 11.1. The number of aliphatic carboxylic acids is 1. The molecule has 0 bridgehead atoms. The lowest BCUT2D eigenvalue weighted by molar-refractivity contribution is -0.136. The largest absolute Gasteiger partial charge is 0.481 e. The quantitative estimate of drug-likeness (QED) is 0.794. The zero-order valence-electron chi connectivity index (χ0n) is 9.41. The minimum Gasteiger partial charge on any atom is -0.481 e. The fraction of sp³-hybridized carbons (Fsp3) is 0.538. The first-order valence-corrected chi connectivity index (χ1v) is 5.94. The molecule has 0 saturated heterocycles. The van der Waals surface area contributed by atoms with Gasteiger partial charge in [0, 0.05) is 18.8 Å². The molecule has 3 heteroatoms. The van der Waals surface area contributed by atoms with E-state index in [1.54, 1.807) is 0 Å². The van der Waals surface area contributed by atoms with Crippen molar-refractivity contribution in [2.45, 2.75) is 44.9 Å². The zero-order valence-corrected chi connectivity index (χ0v) is 9.41. The Morgan fingerprint density at radius 2 is 2.06 bits per heavy atom. The molecule has 0 saturated carbocycles. The third kappa shape index (κ3) is 2.60. The maximum absolute atomic E-state index is 10.6. The Morgan fingerprint density at radius 3 is 2.88 bits per heavy atom. The molecule has 0 atom stereocenters. The van der Waals surface area contributed by atoms with Crippen molar-refractivity contribution >= 4 is 5.97 Å². The number of carboxylic acid groups (broad SMARTS) is 1. The molecule has 1 aliphatic rings. The molecule has 1 aromatic heterocycles. The highest BCUT2D eigenvalue weighted by molar-refractivity contribution is 5.67. The molecule has 3 nitrogen and oxygen atoms in total. The monoisotopic (exact) mass is 219 g/mol. The standard InChI is InChI=1S/C13H17NO2/c15-13(16)7-6-11-9-14-8-10-4-2-1-3-5-12(10)11/h8-9H,1-7H2,(H,15,16). The van der Waals surface area contributed by atoms with Gasteiger partial charge in [0.1, 0.15) is 0 Å². The Morgan fingerprint density at radius 1 is 1.25 bits per heavy atom. The van der Waals surface area contributed by atoms with Crippen molar-refractivity contribution in [3.8, 4) is 0 Å². The highest BCUT2D eigenvalue weighted by atomic mass is 16.4. The van der Waals surface area contributed by atoms with Gasteiger partial charge in [-0.05, 0) is 48.8 Å². The summed E-state index contributed by atoms with van der Waals surface area (Å²) < 4.78 is 0. The second-order valence-electron chi connectivity index (χ2n) is 4.39. The Kier molecular flexibility index (Phi) is 3.54. The molecule has 0 spiro atoms. The van der Waals surface area contributed by atoms with Gasteiger partial charge in [0.2, 0.25) is 0 Å². The molecule has 0 amide bonds. The highest BCUT2D eigenvalue weighted by Crippen LogP contribution is 2.23. The average Bonchev–Trinajstić information content (AvgIpc) is 2.51. The van der Waals surface area contributed by atoms with Crippen molar-refractivity contribution in [3.63, 3.8) is 0 Å². The van der Waals surface area contributed by atoms with Crippen LogP contribution in [0.5, 0.6) is 0 Å². The first-order chi connectivity index (χ1) is 7.77. The summed E-state index contributed by atoms with van der Waals surface area (Å²) in [6.45, 7) is 0. The van der Waals surface area contributed by atoms with Crippen LogP contribution >= 0.6 is 0 Å². The number of carboxylic acids is 1. The third-order valence-corrected chi connectivity index (χ3v) is 3.22. The second kappa shape index (κ2) is 5.10. The van der Waals surface area contributed by atoms with Crippen LogP contribution in [0.25, 0.3) is 0 Å². The van der Waals surface area contributed by atoms with Gasteiger partial charge in [-0.1, -0.05) is 6.42 Å². The summed E-state index contributed by atoms with van der Waals surface area (Å²) in [5.74, 6) is -0.730. The van der Waals surface area contributed by atoms with E-state index in [0.717, 1.165) is 18.4 Å². The molecular formula is C13H17NO2. The van der Waals surface area contributed by atoms with Crippen molar-refractivity contribution in [3.05, 3.63) is 29.1 Å².